The lowest BCUT2D eigenvalue weighted by atomic mass is 9.99. The van der Waals surface area contributed by atoms with Gasteiger partial charge in [-0.3, -0.25) is 0 Å². The predicted octanol–water partition coefficient (Wildman–Crippen LogP) is 4.04. The molecule has 0 aliphatic carbocycles. The van der Waals surface area contributed by atoms with Gasteiger partial charge in [0.15, 0.2) is 0 Å². The van der Waals surface area contributed by atoms with Crippen LogP contribution in [0.25, 0.3) is 0 Å². The van der Waals surface area contributed by atoms with Crippen LogP contribution in [0.2, 0.25) is 0 Å². The van der Waals surface area contributed by atoms with Crippen molar-refractivity contribution in [2.45, 2.75) is 13.0 Å². The number of halogens is 2. The van der Waals surface area contributed by atoms with Crippen molar-refractivity contribution in [2.24, 2.45) is 5.73 Å². The molecule has 4 heteroatoms. The van der Waals surface area contributed by atoms with Gasteiger partial charge < -0.3 is 10.5 Å². The minimum Gasteiger partial charge on any atom is -0.494 e. The molecular formula is C15H15BrFNO. The van der Waals surface area contributed by atoms with E-state index in [2.05, 4.69) is 15.9 Å². The first-order valence-electron chi connectivity index (χ1n) is 6.05. The van der Waals surface area contributed by atoms with E-state index in [1.54, 1.807) is 18.2 Å². The van der Waals surface area contributed by atoms with Crippen LogP contribution in [0.3, 0.4) is 0 Å². The highest BCUT2D eigenvalue weighted by molar-refractivity contribution is 9.10. The number of nitrogens with two attached hydrogens (primary N) is 1. The van der Waals surface area contributed by atoms with Gasteiger partial charge in [-0.15, -0.1) is 0 Å². The summed E-state index contributed by atoms with van der Waals surface area (Å²) in [6.45, 7) is 2.53. The molecule has 0 saturated heterocycles. The number of hydrogen-bond acceptors (Lipinski definition) is 2. The van der Waals surface area contributed by atoms with Crippen LogP contribution < -0.4 is 10.5 Å². The summed E-state index contributed by atoms with van der Waals surface area (Å²) in [5, 5.41) is 0. The standard InChI is InChI=1S/C15H15BrFNO/c1-2-19-10-7-8-11(13(16)9-10)15(18)12-5-3-4-6-14(12)17/h3-9,15H,2,18H2,1H3. The van der Waals surface area contributed by atoms with Crippen LogP contribution in [0.1, 0.15) is 24.1 Å². The van der Waals surface area contributed by atoms with Crippen molar-refractivity contribution < 1.29 is 9.13 Å². The summed E-state index contributed by atoms with van der Waals surface area (Å²) < 4.78 is 20.0. The van der Waals surface area contributed by atoms with E-state index >= 15 is 0 Å². The van der Waals surface area contributed by atoms with E-state index in [1.165, 1.54) is 6.07 Å². The molecule has 0 heterocycles. The SMILES string of the molecule is CCOc1ccc(C(N)c2ccccc2F)c(Br)c1. The minimum absolute atomic E-state index is 0.296. The molecule has 2 aromatic rings. The Labute approximate surface area is 120 Å². The Morgan fingerprint density at radius 2 is 1.95 bits per heavy atom. The lowest BCUT2D eigenvalue weighted by Crippen LogP contribution is -2.14. The molecule has 2 rings (SSSR count). The summed E-state index contributed by atoms with van der Waals surface area (Å²) >= 11 is 3.46. The number of ether oxygens (including phenoxy) is 1. The summed E-state index contributed by atoms with van der Waals surface area (Å²) in [4.78, 5) is 0. The largest absolute Gasteiger partial charge is 0.494 e. The van der Waals surface area contributed by atoms with Gasteiger partial charge in [-0.25, -0.2) is 4.39 Å². The van der Waals surface area contributed by atoms with Gasteiger partial charge in [-0.1, -0.05) is 40.2 Å². The second kappa shape index (κ2) is 6.17. The van der Waals surface area contributed by atoms with Crippen molar-refractivity contribution in [3.05, 3.63) is 63.9 Å². The van der Waals surface area contributed by atoms with Crippen molar-refractivity contribution in [1.82, 2.24) is 0 Å². The van der Waals surface area contributed by atoms with Gasteiger partial charge >= 0.3 is 0 Å². The summed E-state index contributed by atoms with van der Waals surface area (Å²) in [6.07, 6.45) is 0. The monoisotopic (exact) mass is 323 g/mol. The van der Waals surface area contributed by atoms with Crippen molar-refractivity contribution in [1.29, 1.82) is 0 Å². The molecule has 2 N–H and O–H groups in total. The fraction of sp³-hybridized carbons (Fsp3) is 0.200. The Hall–Kier alpha value is -1.39. The van der Waals surface area contributed by atoms with Crippen LogP contribution in [0.15, 0.2) is 46.9 Å². The van der Waals surface area contributed by atoms with Crippen molar-refractivity contribution in [3.8, 4) is 5.75 Å². The molecule has 19 heavy (non-hydrogen) atoms. The zero-order chi connectivity index (χ0) is 13.8. The molecule has 0 saturated carbocycles. The van der Waals surface area contributed by atoms with E-state index in [4.69, 9.17) is 10.5 Å². The second-order valence-electron chi connectivity index (χ2n) is 4.12. The molecule has 0 aliphatic rings. The van der Waals surface area contributed by atoms with Gasteiger partial charge in [-0.2, -0.15) is 0 Å². The number of rotatable bonds is 4. The molecule has 0 spiro atoms. The highest BCUT2D eigenvalue weighted by atomic mass is 79.9. The lowest BCUT2D eigenvalue weighted by Gasteiger charge is -2.16. The first-order valence-corrected chi connectivity index (χ1v) is 6.85. The quantitative estimate of drug-likeness (QED) is 0.921. The van der Waals surface area contributed by atoms with Crippen molar-refractivity contribution in [3.63, 3.8) is 0 Å². The third-order valence-corrected chi connectivity index (χ3v) is 3.55. The van der Waals surface area contributed by atoms with E-state index < -0.39 is 6.04 Å². The van der Waals surface area contributed by atoms with Crippen LogP contribution in [0, 0.1) is 5.82 Å². The molecular weight excluding hydrogens is 309 g/mol. The van der Waals surface area contributed by atoms with E-state index in [-0.39, 0.29) is 5.82 Å². The first-order chi connectivity index (χ1) is 9.13. The fourth-order valence-electron chi connectivity index (χ4n) is 1.91. The maximum absolute atomic E-state index is 13.7. The molecule has 0 fully saturated rings. The van der Waals surface area contributed by atoms with Crippen LogP contribution in [0.4, 0.5) is 4.39 Å². The molecule has 1 atom stereocenters. The normalized spacial score (nSPS) is 12.2. The second-order valence-corrected chi connectivity index (χ2v) is 4.97. The average Bonchev–Trinajstić information content (AvgIpc) is 2.39. The third-order valence-electron chi connectivity index (χ3n) is 2.86. The summed E-state index contributed by atoms with van der Waals surface area (Å²) in [6, 6.07) is 11.6. The minimum atomic E-state index is -0.508. The van der Waals surface area contributed by atoms with E-state index in [9.17, 15) is 4.39 Å². The molecule has 100 valence electrons. The third kappa shape index (κ3) is 3.14. The van der Waals surface area contributed by atoms with Crippen LogP contribution in [-0.4, -0.2) is 6.61 Å². The van der Waals surface area contributed by atoms with Crippen LogP contribution >= 0.6 is 15.9 Å². The Morgan fingerprint density at radius 1 is 1.21 bits per heavy atom. The van der Waals surface area contributed by atoms with E-state index in [0.717, 1.165) is 15.8 Å². The Kier molecular flexibility index (Phi) is 4.56. The summed E-state index contributed by atoms with van der Waals surface area (Å²) in [5.41, 5.74) is 7.44. The van der Waals surface area contributed by atoms with Gasteiger partial charge in [0, 0.05) is 10.0 Å². The summed E-state index contributed by atoms with van der Waals surface area (Å²) in [7, 11) is 0. The molecule has 2 nitrogen and oxygen atoms in total. The predicted molar refractivity (Wildman–Crippen MR) is 77.7 cm³/mol. The highest BCUT2D eigenvalue weighted by Crippen LogP contribution is 2.31. The molecule has 0 amide bonds. The van der Waals surface area contributed by atoms with Gasteiger partial charge in [0.25, 0.3) is 0 Å². The smallest absolute Gasteiger partial charge is 0.128 e. The number of hydrogen-bond donors (Lipinski definition) is 1. The Morgan fingerprint density at radius 3 is 2.58 bits per heavy atom. The fourth-order valence-corrected chi connectivity index (χ4v) is 2.52. The Bertz CT molecular complexity index is 574. The lowest BCUT2D eigenvalue weighted by molar-refractivity contribution is 0.340. The average molecular weight is 324 g/mol. The zero-order valence-electron chi connectivity index (χ0n) is 10.6. The molecule has 0 bridgehead atoms. The molecule has 2 aromatic carbocycles. The molecule has 1 unspecified atom stereocenters. The molecule has 0 radical (unpaired) electrons. The van der Waals surface area contributed by atoms with Crippen molar-refractivity contribution in [2.75, 3.05) is 6.61 Å². The van der Waals surface area contributed by atoms with E-state index in [1.807, 2.05) is 25.1 Å². The van der Waals surface area contributed by atoms with Crippen LogP contribution in [-0.2, 0) is 0 Å². The molecule has 0 aliphatic heterocycles. The zero-order valence-corrected chi connectivity index (χ0v) is 12.2. The topological polar surface area (TPSA) is 35.2 Å². The van der Waals surface area contributed by atoms with Crippen molar-refractivity contribution >= 4 is 15.9 Å². The van der Waals surface area contributed by atoms with E-state index in [0.29, 0.717) is 12.2 Å². The van der Waals surface area contributed by atoms with Gasteiger partial charge in [0.05, 0.1) is 12.6 Å². The van der Waals surface area contributed by atoms with Crippen LogP contribution in [0.5, 0.6) is 5.75 Å². The van der Waals surface area contributed by atoms with Gasteiger partial charge in [0.2, 0.25) is 0 Å². The maximum Gasteiger partial charge on any atom is 0.128 e. The first kappa shape index (κ1) is 14.0. The maximum atomic E-state index is 13.7. The summed E-state index contributed by atoms with van der Waals surface area (Å²) in [5.74, 6) is 0.467. The van der Waals surface area contributed by atoms with Gasteiger partial charge in [-0.05, 0) is 30.7 Å². The highest BCUT2D eigenvalue weighted by Gasteiger charge is 2.16. The Balaban J connectivity index is 2.34. The van der Waals surface area contributed by atoms with Gasteiger partial charge in [0.1, 0.15) is 11.6 Å². The molecule has 0 aromatic heterocycles. The number of benzene rings is 2.